The summed E-state index contributed by atoms with van der Waals surface area (Å²) in [5.41, 5.74) is -0.373. The van der Waals surface area contributed by atoms with Crippen LogP contribution >= 0.6 is 0 Å². The van der Waals surface area contributed by atoms with E-state index < -0.39 is 5.97 Å². The Bertz CT molecular complexity index is 236. The zero-order valence-electron chi connectivity index (χ0n) is 9.43. The Kier molecular flexibility index (Phi) is 3.70. The molecule has 0 aromatic rings. The first-order valence-corrected chi connectivity index (χ1v) is 5.12. The summed E-state index contributed by atoms with van der Waals surface area (Å²) in [7, 11) is 0. The molecule has 2 unspecified atom stereocenters. The van der Waals surface area contributed by atoms with E-state index in [2.05, 4.69) is 4.90 Å². The summed E-state index contributed by atoms with van der Waals surface area (Å²) in [4.78, 5) is 12.4. The lowest BCUT2D eigenvalue weighted by Gasteiger charge is -2.50. The molecule has 5 heteroatoms. The number of aliphatic carboxylic acids is 1. The molecular formula is C10H19NO4. The Morgan fingerprint density at radius 1 is 1.53 bits per heavy atom. The van der Waals surface area contributed by atoms with Crippen LogP contribution in [0.3, 0.4) is 0 Å². The van der Waals surface area contributed by atoms with Crippen molar-refractivity contribution in [1.82, 2.24) is 4.90 Å². The third-order valence-electron chi connectivity index (χ3n) is 2.89. The summed E-state index contributed by atoms with van der Waals surface area (Å²) < 4.78 is 5.26. The largest absolute Gasteiger partial charge is 0.480 e. The maximum absolute atomic E-state index is 10.3. The molecule has 2 atom stereocenters. The third kappa shape index (κ3) is 3.15. The molecule has 88 valence electrons. The fraction of sp³-hybridized carbons (Fsp3) is 0.900. The molecule has 1 rings (SSSR count). The lowest BCUT2D eigenvalue weighted by Crippen LogP contribution is -2.65. The minimum Gasteiger partial charge on any atom is -0.480 e. The maximum atomic E-state index is 10.3. The van der Waals surface area contributed by atoms with Crippen LogP contribution in [0, 0.1) is 0 Å². The van der Waals surface area contributed by atoms with Crippen molar-refractivity contribution in [2.24, 2.45) is 0 Å². The van der Waals surface area contributed by atoms with Gasteiger partial charge in [0.05, 0.1) is 11.7 Å². The number of carboxylic acid groups (broad SMARTS) is 1. The number of aliphatic hydroxyl groups excluding tert-OH is 1. The van der Waals surface area contributed by atoms with E-state index in [4.69, 9.17) is 9.84 Å². The van der Waals surface area contributed by atoms with Crippen LogP contribution in [0.4, 0.5) is 0 Å². The van der Waals surface area contributed by atoms with Gasteiger partial charge in [-0.15, -0.1) is 0 Å². The molecule has 0 aromatic carbocycles. The SMILES string of the molecule is CC(O)C(C)N1CC(C)(OCC(=O)O)C1. The minimum absolute atomic E-state index is 0.0894. The summed E-state index contributed by atoms with van der Waals surface area (Å²) in [5, 5.41) is 17.8. The van der Waals surface area contributed by atoms with Gasteiger partial charge in [0.25, 0.3) is 0 Å². The fourth-order valence-corrected chi connectivity index (χ4v) is 1.73. The van der Waals surface area contributed by atoms with Crippen LogP contribution in [0.25, 0.3) is 0 Å². The number of ether oxygens (including phenoxy) is 1. The molecule has 1 aliphatic rings. The highest BCUT2D eigenvalue weighted by atomic mass is 16.5. The number of nitrogens with zero attached hydrogens (tertiary/aromatic N) is 1. The number of hydrogen-bond acceptors (Lipinski definition) is 4. The van der Waals surface area contributed by atoms with E-state index in [9.17, 15) is 9.90 Å². The molecule has 2 N–H and O–H groups in total. The van der Waals surface area contributed by atoms with E-state index in [0.29, 0.717) is 13.1 Å². The molecule has 0 spiro atoms. The third-order valence-corrected chi connectivity index (χ3v) is 2.89. The van der Waals surface area contributed by atoms with Crippen molar-refractivity contribution in [3.05, 3.63) is 0 Å². The molecular weight excluding hydrogens is 198 g/mol. The summed E-state index contributed by atoms with van der Waals surface area (Å²) in [6.07, 6.45) is -0.381. The van der Waals surface area contributed by atoms with Gasteiger partial charge in [-0.1, -0.05) is 0 Å². The Hall–Kier alpha value is -0.650. The zero-order chi connectivity index (χ0) is 11.6. The molecule has 1 aliphatic heterocycles. The number of likely N-dealkylation sites (tertiary alicyclic amines) is 1. The van der Waals surface area contributed by atoms with Crippen molar-refractivity contribution >= 4 is 5.97 Å². The topological polar surface area (TPSA) is 70.0 Å². The summed E-state index contributed by atoms with van der Waals surface area (Å²) in [6, 6.07) is 0.0894. The number of rotatable bonds is 5. The molecule has 0 radical (unpaired) electrons. The first-order chi connectivity index (χ1) is 6.84. The first-order valence-electron chi connectivity index (χ1n) is 5.12. The Morgan fingerprint density at radius 3 is 2.47 bits per heavy atom. The van der Waals surface area contributed by atoms with Crippen LogP contribution in [0.5, 0.6) is 0 Å². The lowest BCUT2D eigenvalue weighted by atomic mass is 9.93. The van der Waals surface area contributed by atoms with Gasteiger partial charge >= 0.3 is 5.97 Å². The summed E-state index contributed by atoms with van der Waals surface area (Å²) in [6.45, 7) is 6.67. The Morgan fingerprint density at radius 2 is 2.07 bits per heavy atom. The highest BCUT2D eigenvalue weighted by Gasteiger charge is 2.42. The van der Waals surface area contributed by atoms with Gasteiger partial charge in [-0.2, -0.15) is 0 Å². The lowest BCUT2D eigenvalue weighted by molar-refractivity contribution is -0.173. The van der Waals surface area contributed by atoms with Crippen molar-refractivity contribution < 1.29 is 19.7 Å². The number of hydrogen-bond donors (Lipinski definition) is 2. The van der Waals surface area contributed by atoms with E-state index in [1.807, 2.05) is 13.8 Å². The molecule has 1 saturated heterocycles. The van der Waals surface area contributed by atoms with Gasteiger partial charge in [-0.3, -0.25) is 4.90 Å². The van der Waals surface area contributed by atoms with E-state index in [1.54, 1.807) is 6.92 Å². The zero-order valence-corrected chi connectivity index (χ0v) is 9.43. The summed E-state index contributed by atoms with van der Waals surface area (Å²) >= 11 is 0. The van der Waals surface area contributed by atoms with Crippen molar-refractivity contribution in [3.63, 3.8) is 0 Å². The average molecular weight is 217 g/mol. The van der Waals surface area contributed by atoms with Gasteiger partial charge < -0.3 is 14.9 Å². The summed E-state index contributed by atoms with van der Waals surface area (Å²) in [5.74, 6) is -0.946. The molecule has 1 heterocycles. The van der Waals surface area contributed by atoms with Crippen LogP contribution < -0.4 is 0 Å². The molecule has 0 amide bonds. The van der Waals surface area contributed by atoms with Crippen LogP contribution in [-0.4, -0.2) is 58.5 Å². The average Bonchev–Trinajstić information content (AvgIpc) is 2.08. The predicted molar refractivity (Wildman–Crippen MR) is 54.7 cm³/mol. The van der Waals surface area contributed by atoms with Crippen molar-refractivity contribution in [3.8, 4) is 0 Å². The van der Waals surface area contributed by atoms with E-state index >= 15 is 0 Å². The highest BCUT2D eigenvalue weighted by Crippen LogP contribution is 2.27. The van der Waals surface area contributed by atoms with Crippen LogP contribution in [-0.2, 0) is 9.53 Å². The van der Waals surface area contributed by atoms with Gasteiger partial charge in [0.1, 0.15) is 6.61 Å². The van der Waals surface area contributed by atoms with Gasteiger partial charge in [0.15, 0.2) is 0 Å². The second-order valence-electron chi connectivity index (χ2n) is 4.52. The number of aliphatic hydroxyl groups is 1. The minimum atomic E-state index is -0.946. The van der Waals surface area contributed by atoms with E-state index in [1.165, 1.54) is 0 Å². The number of carbonyl (C=O) groups is 1. The Balaban J connectivity index is 2.31. The van der Waals surface area contributed by atoms with Gasteiger partial charge in [-0.25, -0.2) is 4.79 Å². The Labute approximate surface area is 89.6 Å². The van der Waals surface area contributed by atoms with Crippen LogP contribution in [0.2, 0.25) is 0 Å². The normalized spacial score (nSPS) is 24.3. The van der Waals surface area contributed by atoms with Crippen molar-refractivity contribution in [2.75, 3.05) is 19.7 Å². The van der Waals surface area contributed by atoms with E-state index in [0.717, 1.165) is 0 Å². The second-order valence-corrected chi connectivity index (χ2v) is 4.52. The van der Waals surface area contributed by atoms with E-state index in [-0.39, 0.29) is 24.4 Å². The predicted octanol–water partition coefficient (Wildman–Crippen LogP) is -0.0688. The van der Waals surface area contributed by atoms with Gasteiger partial charge in [-0.05, 0) is 20.8 Å². The fourth-order valence-electron chi connectivity index (χ4n) is 1.73. The van der Waals surface area contributed by atoms with Gasteiger partial charge in [0.2, 0.25) is 0 Å². The highest BCUT2D eigenvalue weighted by molar-refractivity contribution is 5.68. The molecule has 0 bridgehead atoms. The molecule has 5 nitrogen and oxygen atoms in total. The molecule has 0 aromatic heterocycles. The quantitative estimate of drug-likeness (QED) is 0.674. The smallest absolute Gasteiger partial charge is 0.329 e. The van der Waals surface area contributed by atoms with Crippen LogP contribution in [0.15, 0.2) is 0 Å². The maximum Gasteiger partial charge on any atom is 0.329 e. The number of carboxylic acids is 1. The monoisotopic (exact) mass is 217 g/mol. The molecule has 15 heavy (non-hydrogen) atoms. The molecule has 0 saturated carbocycles. The molecule has 1 fully saturated rings. The van der Waals surface area contributed by atoms with Crippen LogP contribution in [0.1, 0.15) is 20.8 Å². The first kappa shape index (κ1) is 12.4. The van der Waals surface area contributed by atoms with Crippen molar-refractivity contribution in [1.29, 1.82) is 0 Å². The standard InChI is InChI=1S/C10H19NO4/c1-7(8(2)12)11-5-10(3,6-11)15-4-9(13)14/h7-8,12H,4-6H2,1-3H3,(H,13,14). The van der Waals surface area contributed by atoms with Gasteiger partial charge in [0, 0.05) is 19.1 Å². The second kappa shape index (κ2) is 4.47. The molecule has 0 aliphatic carbocycles. The van der Waals surface area contributed by atoms with Crippen molar-refractivity contribution in [2.45, 2.75) is 38.5 Å².